The van der Waals surface area contributed by atoms with Crippen molar-refractivity contribution in [3.05, 3.63) is 71.0 Å². The van der Waals surface area contributed by atoms with Gasteiger partial charge in [0.15, 0.2) is 0 Å². The molecule has 2 aromatic carbocycles. The number of aromatic nitrogens is 2. The number of alkyl halides is 3. The Hall–Kier alpha value is -2.53. The van der Waals surface area contributed by atoms with Gasteiger partial charge in [0, 0.05) is 30.0 Å². The molecule has 32 heavy (non-hydrogen) atoms. The van der Waals surface area contributed by atoms with Crippen LogP contribution in [0.5, 0.6) is 0 Å². The predicted molar refractivity (Wildman–Crippen MR) is 120 cm³/mol. The molecule has 10 heteroatoms. The Balaban J connectivity index is 1.52. The molecule has 0 spiro atoms. The van der Waals surface area contributed by atoms with Crippen LogP contribution in [-0.2, 0) is 17.3 Å². The normalized spacial score (nSPS) is 18.1. The highest BCUT2D eigenvalue weighted by Gasteiger charge is 2.32. The number of rotatable bonds is 7. The molecular formula is C22H24F3N5OS. The first-order chi connectivity index (χ1) is 15.3. The van der Waals surface area contributed by atoms with Gasteiger partial charge in [-0.25, -0.2) is 0 Å². The third-order valence-electron chi connectivity index (χ3n) is 5.35. The first-order valence-electron chi connectivity index (χ1n) is 10.0. The van der Waals surface area contributed by atoms with Crippen LogP contribution in [0, 0.1) is 0 Å². The maximum Gasteiger partial charge on any atom is 0.416 e. The average Bonchev–Trinajstić information content (AvgIpc) is 3.33. The van der Waals surface area contributed by atoms with Crippen LogP contribution in [0.3, 0.4) is 0 Å². The third kappa shape index (κ3) is 4.78. The summed E-state index contributed by atoms with van der Waals surface area (Å²) < 4.78 is 43.8. The van der Waals surface area contributed by atoms with Crippen molar-refractivity contribution in [2.75, 3.05) is 20.3 Å². The number of methoxy groups -OCH3 is 1. The van der Waals surface area contributed by atoms with Gasteiger partial charge in [-0.05, 0) is 41.8 Å². The van der Waals surface area contributed by atoms with E-state index in [1.54, 1.807) is 13.3 Å². The Labute approximate surface area is 187 Å². The summed E-state index contributed by atoms with van der Waals surface area (Å²) in [6, 6.07) is 10.8. The molecule has 0 amide bonds. The molecule has 1 aliphatic rings. The standard InChI is InChI=1S/C22H24F3N5OS/c1-31-12-19-20(14-4-7-18-15(9-14)10-28-29-18)32-21(27)30(19)11-17(26)8-13-2-5-16(6-3-13)22(23,24)25/h2-7,9-10,17,21H,8,11-12,26-27H2,1H3,(H,28,29)/t17-,21?/m1/s1. The van der Waals surface area contributed by atoms with E-state index in [0.29, 0.717) is 19.6 Å². The minimum atomic E-state index is -4.35. The van der Waals surface area contributed by atoms with E-state index in [0.717, 1.165) is 44.8 Å². The van der Waals surface area contributed by atoms with Crippen molar-refractivity contribution >= 4 is 27.6 Å². The number of H-pyrrole nitrogens is 1. The second-order valence-corrected chi connectivity index (χ2v) is 8.83. The molecule has 0 fully saturated rings. The number of thioether (sulfide) groups is 1. The molecule has 0 bridgehead atoms. The van der Waals surface area contributed by atoms with Gasteiger partial charge in [-0.15, -0.1) is 0 Å². The van der Waals surface area contributed by atoms with Crippen LogP contribution < -0.4 is 11.5 Å². The Kier molecular flexibility index (Phi) is 6.47. The van der Waals surface area contributed by atoms with Crippen LogP contribution in [0.25, 0.3) is 15.8 Å². The molecule has 0 saturated carbocycles. The first-order valence-corrected chi connectivity index (χ1v) is 10.9. The van der Waals surface area contributed by atoms with E-state index < -0.39 is 11.7 Å². The van der Waals surface area contributed by atoms with Gasteiger partial charge in [-0.3, -0.25) is 5.10 Å². The molecule has 2 heterocycles. The van der Waals surface area contributed by atoms with Gasteiger partial charge >= 0.3 is 6.18 Å². The van der Waals surface area contributed by atoms with Gasteiger partial charge < -0.3 is 21.1 Å². The van der Waals surface area contributed by atoms with Crippen LogP contribution in [0.4, 0.5) is 13.2 Å². The summed E-state index contributed by atoms with van der Waals surface area (Å²) in [4.78, 5) is 3.03. The van der Waals surface area contributed by atoms with Gasteiger partial charge in [-0.1, -0.05) is 30.0 Å². The quantitative estimate of drug-likeness (QED) is 0.494. The molecule has 6 nitrogen and oxygen atoms in total. The number of nitrogens with zero attached hydrogens (tertiary/aromatic N) is 2. The summed E-state index contributed by atoms with van der Waals surface area (Å²) in [6.07, 6.45) is -2.15. The smallest absolute Gasteiger partial charge is 0.378 e. The van der Waals surface area contributed by atoms with Crippen LogP contribution in [0.1, 0.15) is 16.7 Å². The topological polar surface area (TPSA) is 93.2 Å². The van der Waals surface area contributed by atoms with E-state index in [1.165, 1.54) is 23.9 Å². The highest BCUT2D eigenvalue weighted by Crippen LogP contribution is 2.43. The zero-order chi connectivity index (χ0) is 22.9. The molecule has 1 aliphatic heterocycles. The minimum absolute atomic E-state index is 0.319. The van der Waals surface area contributed by atoms with Crippen molar-refractivity contribution in [1.29, 1.82) is 0 Å². The van der Waals surface area contributed by atoms with Crippen molar-refractivity contribution in [2.45, 2.75) is 24.1 Å². The number of aromatic amines is 1. The molecule has 1 unspecified atom stereocenters. The molecule has 5 N–H and O–H groups in total. The minimum Gasteiger partial charge on any atom is -0.378 e. The van der Waals surface area contributed by atoms with E-state index in [9.17, 15) is 13.2 Å². The van der Waals surface area contributed by atoms with Crippen molar-refractivity contribution in [1.82, 2.24) is 15.1 Å². The van der Waals surface area contributed by atoms with Crippen LogP contribution in [-0.4, -0.2) is 46.9 Å². The zero-order valence-electron chi connectivity index (χ0n) is 17.4. The Bertz CT molecular complexity index is 1110. The third-order valence-corrected chi connectivity index (χ3v) is 6.55. The monoisotopic (exact) mass is 463 g/mol. The Morgan fingerprint density at radius 3 is 2.66 bits per heavy atom. The highest BCUT2D eigenvalue weighted by molar-refractivity contribution is 8.09. The highest BCUT2D eigenvalue weighted by atomic mass is 32.2. The molecule has 0 aliphatic carbocycles. The number of nitrogens with one attached hydrogen (secondary N) is 1. The molecule has 2 atom stereocenters. The number of fused-ring (bicyclic) bond motifs is 1. The van der Waals surface area contributed by atoms with E-state index in [2.05, 4.69) is 16.3 Å². The summed E-state index contributed by atoms with van der Waals surface area (Å²) in [5, 5.41) is 8.00. The molecule has 0 saturated heterocycles. The lowest BCUT2D eigenvalue weighted by atomic mass is 10.0. The number of nitrogens with two attached hydrogens (primary N) is 2. The second-order valence-electron chi connectivity index (χ2n) is 7.70. The summed E-state index contributed by atoms with van der Waals surface area (Å²) in [5.41, 5.74) is 15.4. The van der Waals surface area contributed by atoms with E-state index in [-0.39, 0.29) is 11.5 Å². The van der Waals surface area contributed by atoms with Gasteiger partial charge in [0.25, 0.3) is 0 Å². The maximum absolute atomic E-state index is 12.8. The molecular weight excluding hydrogens is 439 g/mol. The average molecular weight is 464 g/mol. The number of hydrogen-bond acceptors (Lipinski definition) is 6. The van der Waals surface area contributed by atoms with Gasteiger partial charge in [-0.2, -0.15) is 18.3 Å². The SMILES string of the molecule is COCC1=C(c2ccc3[nH]ncc3c2)SC(N)N1C[C@H](N)Cc1ccc(C(F)(F)F)cc1. The zero-order valence-corrected chi connectivity index (χ0v) is 18.2. The molecule has 4 rings (SSSR count). The first kappa shape index (κ1) is 22.7. The summed E-state index contributed by atoms with van der Waals surface area (Å²) in [5.74, 6) is 0. The molecule has 1 aromatic heterocycles. The predicted octanol–water partition coefficient (Wildman–Crippen LogP) is 3.76. The molecule has 0 radical (unpaired) electrons. The van der Waals surface area contributed by atoms with Gasteiger partial charge in [0.2, 0.25) is 0 Å². The number of halogens is 3. The molecule has 3 aromatic rings. The number of hydrogen-bond donors (Lipinski definition) is 3. The largest absolute Gasteiger partial charge is 0.416 e. The lowest BCUT2D eigenvalue weighted by Gasteiger charge is -2.29. The summed E-state index contributed by atoms with van der Waals surface area (Å²) >= 11 is 1.53. The van der Waals surface area contributed by atoms with Crippen LogP contribution in [0.15, 0.2) is 54.4 Å². The summed E-state index contributed by atoms with van der Waals surface area (Å²) in [7, 11) is 1.62. The van der Waals surface area contributed by atoms with Gasteiger partial charge in [0.05, 0.1) is 29.6 Å². The fourth-order valence-electron chi connectivity index (χ4n) is 3.80. The van der Waals surface area contributed by atoms with Crippen molar-refractivity contribution in [3.8, 4) is 0 Å². The van der Waals surface area contributed by atoms with Crippen LogP contribution in [0.2, 0.25) is 0 Å². The lowest BCUT2D eigenvalue weighted by Crippen LogP contribution is -2.44. The second kappa shape index (κ2) is 9.14. The lowest BCUT2D eigenvalue weighted by molar-refractivity contribution is -0.137. The molecule has 170 valence electrons. The number of ether oxygens (including phenoxy) is 1. The summed E-state index contributed by atoms with van der Waals surface area (Å²) in [6.45, 7) is 0.817. The van der Waals surface area contributed by atoms with E-state index in [4.69, 9.17) is 16.2 Å². The fraction of sp³-hybridized carbons (Fsp3) is 0.318. The van der Waals surface area contributed by atoms with E-state index in [1.807, 2.05) is 17.0 Å². The number of benzene rings is 2. The van der Waals surface area contributed by atoms with Gasteiger partial charge in [0.1, 0.15) is 5.50 Å². The van der Waals surface area contributed by atoms with Crippen molar-refractivity contribution in [2.24, 2.45) is 11.5 Å². The Morgan fingerprint density at radius 2 is 1.97 bits per heavy atom. The fourth-order valence-corrected chi connectivity index (χ4v) is 4.96. The maximum atomic E-state index is 12.8. The van der Waals surface area contributed by atoms with E-state index >= 15 is 0 Å². The van der Waals surface area contributed by atoms with Crippen LogP contribution >= 0.6 is 11.8 Å². The van der Waals surface area contributed by atoms with Crippen molar-refractivity contribution < 1.29 is 17.9 Å². The van der Waals surface area contributed by atoms with Crippen molar-refractivity contribution in [3.63, 3.8) is 0 Å². The Morgan fingerprint density at radius 1 is 1.22 bits per heavy atom.